The van der Waals surface area contributed by atoms with E-state index in [9.17, 15) is 43.5 Å². The first kappa shape index (κ1) is 102. The van der Waals surface area contributed by atoms with Crippen molar-refractivity contribution in [3.05, 3.63) is 278 Å². The Hall–Kier alpha value is -6.49. The number of rotatable bonds is 8. The molecule has 16 aliphatic rings. The van der Waals surface area contributed by atoms with Crippen molar-refractivity contribution < 1.29 is 146 Å². The van der Waals surface area contributed by atoms with E-state index in [0.717, 1.165) is 170 Å². The summed E-state index contributed by atoms with van der Waals surface area (Å²) in [5, 5.41) is 9.92. The number of ether oxygens (including phenoxy) is 1. The molecule has 0 aliphatic heterocycles. The van der Waals surface area contributed by atoms with E-state index in [-0.39, 0.29) is 149 Å². The molecule has 11 atom stereocenters. The number of methoxy groups -OCH3 is 1. The van der Waals surface area contributed by atoms with Gasteiger partial charge in [-0.2, -0.15) is 19.3 Å². The van der Waals surface area contributed by atoms with Gasteiger partial charge in [0, 0.05) is 179 Å². The summed E-state index contributed by atoms with van der Waals surface area (Å²) in [5.74, 6) is 5.31. The number of carbonyl (C=O) groups excluding carboxylic acids is 8. The van der Waals surface area contributed by atoms with Crippen molar-refractivity contribution in [3.8, 4) is 11.5 Å². The summed E-state index contributed by atoms with van der Waals surface area (Å²) in [6.45, 7) is 49.4. The molecular weight excluding hydrogens is 1870 g/mol. The maximum Gasteiger partial charge on any atom is 0.167 e. The Kier molecular flexibility index (Phi) is 29.7. The van der Waals surface area contributed by atoms with Crippen LogP contribution in [0.3, 0.4) is 0 Å². The number of Topliss-reactive ketones (excluding diaryl/α,β-unsaturated/α-hetero) is 8. The van der Waals surface area contributed by atoms with Gasteiger partial charge in [-0.3, -0.25) is 38.4 Å². The van der Waals surface area contributed by atoms with Crippen molar-refractivity contribution in [3.63, 3.8) is 0 Å². The third-order valence-electron chi connectivity index (χ3n) is 35.7. The Balaban J connectivity index is 0.000000124. The van der Waals surface area contributed by atoms with Crippen molar-refractivity contribution in [2.45, 2.75) is 298 Å². The Bertz CT molecular complexity index is 5930. The van der Waals surface area contributed by atoms with Crippen LogP contribution in [0.4, 0.5) is 0 Å². The number of phenols is 1. The van der Waals surface area contributed by atoms with Crippen LogP contribution in [-0.2, 0) is 172 Å². The molecule has 7 aromatic carbocycles. The van der Waals surface area contributed by atoms with Gasteiger partial charge in [0.05, 0.1) is 7.11 Å². The smallest absolute Gasteiger partial charge is 0.167 e. The molecule has 7 aromatic rings. The fourth-order valence-corrected chi connectivity index (χ4v) is 27.9. The van der Waals surface area contributed by atoms with Gasteiger partial charge in [0.15, 0.2) is 40.5 Å². The minimum absolute atomic E-state index is 0. The SMILES string of the molecule is CC1=C2c3cc(C)c(C)cc3CC23CCC(C3)C1=O.CC1=C2c3cc(C)c(C)cc3CC23CCC(C3)C1=O.CC1=C2c3cc(C)c(O)cc3CC23CCC(C3)C1=O.COc1cc2c(cc1C)C1=C(C)C(=O)C3CCC1(C2)C3.[CH2-]CC1(CCC(=O)CC)Cc2cc(C)c(C)cc2C1=O.[CH2-]CC12CCC(=O)C(C)=C1c1cc(C)c(C)cc1C2.[CH2-]CC1Cc2cc(C)c(C)cc2C1=O.[Y].[Y].[Y]. The zero-order valence-electron chi connectivity index (χ0n) is 83.0. The van der Waals surface area contributed by atoms with Gasteiger partial charge in [-0.25, -0.2) is 0 Å². The molecule has 0 heterocycles. The number of benzene rings is 7. The fourth-order valence-electron chi connectivity index (χ4n) is 27.9. The van der Waals surface area contributed by atoms with Crippen molar-refractivity contribution in [2.24, 2.45) is 62.1 Å². The quantitative estimate of drug-likeness (QED) is 0.145. The van der Waals surface area contributed by atoms with Crippen LogP contribution in [0, 0.1) is 166 Å². The topological polar surface area (TPSA) is 166 Å². The number of aryl methyl sites for hydroxylation is 12. The van der Waals surface area contributed by atoms with E-state index >= 15 is 0 Å². The van der Waals surface area contributed by atoms with E-state index in [2.05, 4.69) is 171 Å². The summed E-state index contributed by atoms with van der Waals surface area (Å²) >= 11 is 0. The van der Waals surface area contributed by atoms with Gasteiger partial charge >= 0.3 is 0 Å². The van der Waals surface area contributed by atoms with Crippen LogP contribution in [0.2, 0.25) is 0 Å². The van der Waals surface area contributed by atoms with Crippen LogP contribution in [-0.4, -0.2) is 58.5 Å². The molecule has 689 valence electrons. The summed E-state index contributed by atoms with van der Waals surface area (Å²) in [6, 6.07) is 30.7. The molecule has 10 nitrogen and oxygen atoms in total. The Labute approximate surface area is 868 Å². The van der Waals surface area contributed by atoms with Crippen LogP contribution in [0.15, 0.2) is 113 Å². The van der Waals surface area contributed by atoms with E-state index in [0.29, 0.717) is 95.9 Å². The normalized spacial score (nSPS) is 27.1. The Morgan fingerprint density at radius 2 is 0.699 bits per heavy atom. The number of fused-ring (bicyclic) bond motifs is 17. The summed E-state index contributed by atoms with van der Waals surface area (Å²) in [6.07, 6.45) is 26.0. The van der Waals surface area contributed by atoms with Crippen LogP contribution < -0.4 is 4.74 Å². The molecule has 23 rings (SSSR count). The first-order valence-corrected chi connectivity index (χ1v) is 48.9. The summed E-state index contributed by atoms with van der Waals surface area (Å²) in [7, 11) is 1.73. The molecule has 1 N–H and O–H groups in total. The van der Waals surface area contributed by atoms with Crippen molar-refractivity contribution in [1.29, 1.82) is 0 Å². The minimum Gasteiger partial charge on any atom is -0.508 e. The maximum absolute atomic E-state index is 12.8. The molecule has 0 saturated heterocycles. The van der Waals surface area contributed by atoms with E-state index in [4.69, 9.17) is 4.74 Å². The van der Waals surface area contributed by atoms with Crippen LogP contribution in [0.5, 0.6) is 11.5 Å². The molecule has 3 radical (unpaired) electrons. The van der Waals surface area contributed by atoms with Crippen molar-refractivity contribution in [1.82, 2.24) is 0 Å². The van der Waals surface area contributed by atoms with Gasteiger partial charge in [-0.1, -0.05) is 55.5 Å². The molecule has 0 aromatic heterocycles. The average molecular weight is 2010 g/mol. The number of hydrogen-bond acceptors (Lipinski definition) is 10. The second-order valence-corrected chi connectivity index (χ2v) is 43.4. The van der Waals surface area contributed by atoms with E-state index in [1.807, 2.05) is 59.7 Å². The largest absolute Gasteiger partial charge is 0.508 e. The van der Waals surface area contributed by atoms with Gasteiger partial charge in [0.1, 0.15) is 17.3 Å². The fraction of sp³-hybridized carbons (Fsp3) is 0.475. The predicted molar refractivity (Wildman–Crippen MR) is 524 cm³/mol. The standard InChI is InChI=1S/C18H20O2.C18H23O2.2C18H20O.C18H21O.C17H18O2.C13H15O.3Y/c1-10-6-14-13(7-15(10)20-3)9-18-5-4-12(8-18)17(19)11(2)16(14)18;1-5-15(19)7-8-18(6-2)11-14-9-12(3)13(4)10-16(14)17(18)20;2*1-10-6-14-9-18-5-4-13(8-18)17(19)12(3)16(18)15(14)7-11(10)2;1-5-18-7-6-16(19)13(4)17(18)15-9-12(3)11(2)8-14(15)10-18;1-9-5-13-12(6-14(9)18)8-17-4-3-11(7-17)16(19)10(2)15(13)17;1-4-10-7-11-5-8(2)9(3)6-12(11)13(10)14;;;/h6-7,12H,4-5,8-9H2,1-3H3;9-10H,2,5-8,11H2,1,3-4H3;2*6-7,13H,4-5,8-9H2,1-3H3;8-9H,1,5-7,10H2,2-4H3;5-6,11,18H,3-4,7-8H2,1-2H3;5-6,10H,1,4,7H2,2-3H3;;;/q;-1;;;-1;;-1;;;. The zero-order chi connectivity index (χ0) is 93.1. The molecule has 11 unspecified atom stereocenters. The van der Waals surface area contributed by atoms with Gasteiger partial charge in [-0.15, -0.1) is 0 Å². The number of phenolic OH excluding ortho intramolecular Hbond substituents is 1. The Morgan fingerprint density at radius 1 is 0.368 bits per heavy atom. The van der Waals surface area contributed by atoms with E-state index in [1.165, 1.54) is 171 Å². The van der Waals surface area contributed by atoms with E-state index < -0.39 is 5.41 Å². The molecule has 16 aliphatic carbocycles. The molecule has 4 fully saturated rings. The van der Waals surface area contributed by atoms with Gasteiger partial charge < -0.3 is 30.6 Å². The third-order valence-corrected chi connectivity index (χ3v) is 35.7. The summed E-state index contributed by atoms with van der Waals surface area (Å²) < 4.78 is 5.47. The second kappa shape index (κ2) is 38.6. The molecule has 133 heavy (non-hydrogen) atoms. The number of hydrogen-bond donors (Lipinski definition) is 1. The molecule has 13 heteroatoms. The van der Waals surface area contributed by atoms with Crippen LogP contribution in [0.25, 0.3) is 27.9 Å². The number of ketones is 8. The first-order valence-electron chi connectivity index (χ1n) is 48.9. The minimum atomic E-state index is -0.451. The Morgan fingerprint density at radius 3 is 1.08 bits per heavy atom. The summed E-state index contributed by atoms with van der Waals surface area (Å²) in [4.78, 5) is 98.0. The molecule has 4 spiro atoms. The third kappa shape index (κ3) is 17.4. The maximum atomic E-state index is 12.8. The molecular formula is C120H137O10Y3-3. The first-order chi connectivity index (χ1) is 61.6. The molecule has 8 bridgehead atoms. The van der Waals surface area contributed by atoms with Crippen LogP contribution >= 0.6 is 0 Å². The number of allylic oxidation sites excluding steroid dienone is 10. The van der Waals surface area contributed by atoms with Gasteiger partial charge in [0.2, 0.25) is 0 Å². The van der Waals surface area contributed by atoms with Gasteiger partial charge in [-0.05, 0) is 490 Å². The zero-order valence-corrected chi connectivity index (χ0v) is 91.6. The molecule has 0 amide bonds. The van der Waals surface area contributed by atoms with E-state index in [1.54, 1.807) is 7.11 Å². The number of aromatic hydroxyl groups is 1. The predicted octanol–water partition coefficient (Wildman–Crippen LogP) is 26.2. The molecule has 4 saturated carbocycles. The number of carbonyl (C=O) groups is 8. The van der Waals surface area contributed by atoms with Crippen molar-refractivity contribution >= 4 is 74.1 Å². The monoisotopic (exact) mass is 2000 g/mol. The van der Waals surface area contributed by atoms with Gasteiger partial charge in [0.25, 0.3) is 0 Å². The average Bonchev–Trinajstić information content (AvgIpc) is 1.54. The van der Waals surface area contributed by atoms with Crippen molar-refractivity contribution in [2.75, 3.05) is 7.11 Å². The van der Waals surface area contributed by atoms with Crippen LogP contribution in [0.1, 0.15) is 324 Å². The second-order valence-electron chi connectivity index (χ2n) is 43.4. The summed E-state index contributed by atoms with van der Waals surface area (Å²) in [5.41, 5.74) is 45.4.